The van der Waals surface area contributed by atoms with E-state index in [9.17, 15) is 22.8 Å². The van der Waals surface area contributed by atoms with Crippen LogP contribution in [-0.4, -0.2) is 69.4 Å². The van der Waals surface area contributed by atoms with E-state index in [0.29, 0.717) is 42.3 Å². The molecule has 4 aromatic rings. The summed E-state index contributed by atoms with van der Waals surface area (Å²) in [5, 5.41) is 6.76. The minimum absolute atomic E-state index is 0.0303. The predicted molar refractivity (Wildman–Crippen MR) is 143 cm³/mol. The number of hydrogen-bond donors (Lipinski definition) is 1. The van der Waals surface area contributed by atoms with Crippen molar-refractivity contribution in [2.75, 3.05) is 26.2 Å². The first-order chi connectivity index (χ1) is 18.7. The summed E-state index contributed by atoms with van der Waals surface area (Å²) in [6.07, 6.45) is -0.00399. The Morgan fingerprint density at radius 1 is 1.00 bits per heavy atom. The average molecular weight is 554 g/mol. The predicted octanol–water partition coefficient (Wildman–Crippen LogP) is 4.65. The second-order valence-corrected chi connectivity index (χ2v) is 11.0. The van der Waals surface area contributed by atoms with Crippen LogP contribution in [0.2, 0.25) is 0 Å². The third-order valence-electron chi connectivity index (χ3n) is 7.49. The van der Waals surface area contributed by atoms with Gasteiger partial charge in [-0.25, -0.2) is 4.98 Å². The molecule has 7 nitrogen and oxygen atoms in total. The zero-order valence-electron chi connectivity index (χ0n) is 21.1. The Morgan fingerprint density at radius 3 is 2.44 bits per heavy atom. The fourth-order valence-electron chi connectivity index (χ4n) is 5.40. The lowest BCUT2D eigenvalue weighted by Crippen LogP contribution is -2.62. The van der Waals surface area contributed by atoms with Crippen LogP contribution in [-0.2, 0) is 13.2 Å². The summed E-state index contributed by atoms with van der Waals surface area (Å²) in [7, 11) is 1.86. The molecule has 2 aliphatic heterocycles. The standard InChI is InChI=1S/C28H26F3N5O2S/c1-34-16-23(17-2-5-19(6-3-17)28(29,30)31)22-7-4-18(12-24(22)34)26(37)36-14-21(15-36)33-20-8-10-35(13-20)27(38)25-32-9-11-39-25/h2-7,9,11-12,16,20-21,33H,8,10,13-15H2,1H3. The SMILES string of the molecule is Cn1cc(-c2ccc(C(F)(F)F)cc2)c2ccc(C(=O)N3CC(NC4CCN(C(=O)c5nccs5)C4)C3)cc21. The molecule has 202 valence electrons. The molecule has 2 aromatic heterocycles. The Morgan fingerprint density at radius 2 is 1.74 bits per heavy atom. The van der Waals surface area contributed by atoms with E-state index in [1.54, 1.807) is 22.5 Å². The van der Waals surface area contributed by atoms with Gasteiger partial charge in [0.05, 0.1) is 5.56 Å². The van der Waals surface area contributed by atoms with Crippen molar-refractivity contribution < 1.29 is 22.8 Å². The first-order valence-corrected chi connectivity index (χ1v) is 13.6. The highest BCUT2D eigenvalue weighted by Gasteiger charge is 2.36. The first kappa shape index (κ1) is 25.6. The molecule has 6 rings (SSSR count). The van der Waals surface area contributed by atoms with Crippen LogP contribution < -0.4 is 5.32 Å². The van der Waals surface area contributed by atoms with E-state index in [2.05, 4.69) is 10.3 Å². The van der Waals surface area contributed by atoms with Gasteiger partial charge in [-0.15, -0.1) is 11.3 Å². The topological polar surface area (TPSA) is 70.5 Å². The van der Waals surface area contributed by atoms with Crippen LogP contribution in [0.4, 0.5) is 13.2 Å². The van der Waals surface area contributed by atoms with Crippen LogP contribution in [0.15, 0.2) is 60.2 Å². The zero-order valence-corrected chi connectivity index (χ0v) is 21.9. The molecule has 0 spiro atoms. The van der Waals surface area contributed by atoms with Crippen molar-refractivity contribution in [3.05, 3.63) is 76.4 Å². The number of halogens is 3. The Balaban J connectivity index is 1.08. The fourth-order valence-corrected chi connectivity index (χ4v) is 6.00. The summed E-state index contributed by atoms with van der Waals surface area (Å²) in [4.78, 5) is 33.4. The Labute approximate surface area is 226 Å². The molecule has 0 saturated carbocycles. The average Bonchev–Trinajstić information content (AvgIpc) is 3.66. The number of benzene rings is 2. The minimum Gasteiger partial charge on any atom is -0.350 e. The number of carbonyl (C=O) groups is 2. The maximum absolute atomic E-state index is 13.2. The number of aromatic nitrogens is 2. The molecule has 1 atom stereocenters. The molecule has 2 fully saturated rings. The van der Waals surface area contributed by atoms with E-state index < -0.39 is 11.7 Å². The highest BCUT2D eigenvalue weighted by molar-refractivity contribution is 7.11. The number of nitrogens with zero attached hydrogens (tertiary/aromatic N) is 4. The Hall–Kier alpha value is -3.70. The number of hydrogen-bond acceptors (Lipinski definition) is 5. The molecule has 0 radical (unpaired) electrons. The van der Waals surface area contributed by atoms with E-state index in [0.717, 1.165) is 35.0 Å². The molecule has 1 N–H and O–H groups in total. The van der Waals surface area contributed by atoms with Crippen molar-refractivity contribution in [3.63, 3.8) is 0 Å². The number of amides is 2. The largest absolute Gasteiger partial charge is 0.416 e. The van der Waals surface area contributed by atoms with Gasteiger partial charge in [-0.3, -0.25) is 9.59 Å². The van der Waals surface area contributed by atoms with Crippen LogP contribution in [0.3, 0.4) is 0 Å². The van der Waals surface area contributed by atoms with Crippen molar-refractivity contribution in [2.45, 2.75) is 24.7 Å². The quantitative estimate of drug-likeness (QED) is 0.391. The molecule has 2 aromatic carbocycles. The van der Waals surface area contributed by atoms with Crippen LogP contribution in [0.1, 0.15) is 32.1 Å². The van der Waals surface area contributed by atoms with Crippen LogP contribution in [0.25, 0.3) is 22.0 Å². The normalized spacial score (nSPS) is 18.1. The lowest BCUT2D eigenvalue weighted by atomic mass is 10.0. The van der Waals surface area contributed by atoms with Gasteiger partial charge in [0.1, 0.15) is 0 Å². The lowest BCUT2D eigenvalue weighted by molar-refractivity contribution is -0.137. The smallest absolute Gasteiger partial charge is 0.350 e. The maximum atomic E-state index is 13.2. The number of thiazole rings is 1. The molecule has 4 heterocycles. The van der Waals surface area contributed by atoms with E-state index in [1.807, 2.05) is 34.8 Å². The second-order valence-electron chi connectivity index (χ2n) is 10.1. The number of fused-ring (bicyclic) bond motifs is 1. The van der Waals surface area contributed by atoms with Crippen molar-refractivity contribution in [1.29, 1.82) is 0 Å². The highest BCUT2D eigenvalue weighted by Crippen LogP contribution is 2.34. The molecule has 2 saturated heterocycles. The number of rotatable bonds is 5. The van der Waals surface area contributed by atoms with Gasteiger partial charge in [-0.2, -0.15) is 13.2 Å². The summed E-state index contributed by atoms with van der Waals surface area (Å²) in [6, 6.07) is 11.0. The van der Waals surface area contributed by atoms with Gasteiger partial charge >= 0.3 is 6.18 Å². The molecule has 39 heavy (non-hydrogen) atoms. The van der Waals surface area contributed by atoms with Crippen molar-refractivity contribution >= 4 is 34.1 Å². The lowest BCUT2D eigenvalue weighted by Gasteiger charge is -2.41. The van der Waals surface area contributed by atoms with Gasteiger partial charge in [0.25, 0.3) is 11.8 Å². The van der Waals surface area contributed by atoms with Crippen LogP contribution >= 0.6 is 11.3 Å². The fraction of sp³-hybridized carbons (Fsp3) is 0.321. The van der Waals surface area contributed by atoms with Gasteiger partial charge in [0, 0.05) is 85.1 Å². The molecule has 2 amide bonds. The van der Waals surface area contributed by atoms with E-state index >= 15 is 0 Å². The van der Waals surface area contributed by atoms with Crippen molar-refractivity contribution in [2.24, 2.45) is 7.05 Å². The van der Waals surface area contributed by atoms with E-state index in [1.165, 1.54) is 23.5 Å². The first-order valence-electron chi connectivity index (χ1n) is 12.7. The highest BCUT2D eigenvalue weighted by atomic mass is 32.1. The third-order valence-corrected chi connectivity index (χ3v) is 8.25. The third kappa shape index (κ3) is 4.92. The zero-order chi connectivity index (χ0) is 27.3. The molecule has 11 heteroatoms. The summed E-state index contributed by atoms with van der Waals surface area (Å²) in [6.45, 7) is 2.51. The van der Waals surface area contributed by atoms with Gasteiger partial charge in [0.15, 0.2) is 5.01 Å². The van der Waals surface area contributed by atoms with Crippen LogP contribution in [0.5, 0.6) is 0 Å². The molecule has 2 aliphatic rings. The number of nitrogens with one attached hydrogen (secondary N) is 1. The Kier molecular flexibility index (Phi) is 6.43. The van der Waals surface area contributed by atoms with Gasteiger partial charge < -0.3 is 19.7 Å². The summed E-state index contributed by atoms with van der Waals surface area (Å²) >= 11 is 1.35. The maximum Gasteiger partial charge on any atom is 0.416 e. The van der Waals surface area contributed by atoms with Crippen LogP contribution in [0, 0.1) is 0 Å². The number of carbonyl (C=O) groups excluding carboxylic acids is 2. The van der Waals surface area contributed by atoms with E-state index in [-0.39, 0.29) is 23.9 Å². The van der Waals surface area contributed by atoms with Gasteiger partial charge in [-0.05, 0) is 36.2 Å². The molecule has 0 bridgehead atoms. The van der Waals surface area contributed by atoms with Crippen molar-refractivity contribution in [3.8, 4) is 11.1 Å². The van der Waals surface area contributed by atoms with Gasteiger partial charge in [0.2, 0.25) is 0 Å². The van der Waals surface area contributed by atoms with Crippen molar-refractivity contribution in [1.82, 2.24) is 24.7 Å². The summed E-state index contributed by atoms with van der Waals surface area (Å²) < 4.78 is 40.8. The molecular weight excluding hydrogens is 527 g/mol. The summed E-state index contributed by atoms with van der Waals surface area (Å²) in [5.41, 5.74) is 2.22. The summed E-state index contributed by atoms with van der Waals surface area (Å²) in [5.74, 6) is -0.0866. The minimum atomic E-state index is -4.38. The number of likely N-dealkylation sites (tertiary alicyclic amines) is 2. The number of alkyl halides is 3. The molecule has 0 aliphatic carbocycles. The van der Waals surface area contributed by atoms with E-state index in [4.69, 9.17) is 0 Å². The monoisotopic (exact) mass is 553 g/mol. The molecular formula is C28H26F3N5O2S. The number of aryl methyl sites for hydroxylation is 1. The molecule has 1 unspecified atom stereocenters. The Bertz CT molecular complexity index is 1530. The van der Waals surface area contributed by atoms with Gasteiger partial charge in [-0.1, -0.05) is 18.2 Å². The second kappa shape index (κ2) is 9.80.